The Hall–Kier alpha value is -0.880. The van der Waals surface area contributed by atoms with E-state index in [2.05, 4.69) is 29.8 Å². The van der Waals surface area contributed by atoms with Crippen molar-refractivity contribution in [3.8, 4) is 0 Å². The lowest BCUT2D eigenvalue weighted by Gasteiger charge is -2.30. The van der Waals surface area contributed by atoms with E-state index in [0.29, 0.717) is 17.4 Å². The number of rotatable bonds is 7. The van der Waals surface area contributed by atoms with Crippen molar-refractivity contribution in [3.05, 3.63) is 29.8 Å². The first-order chi connectivity index (χ1) is 9.85. The van der Waals surface area contributed by atoms with E-state index in [0.717, 1.165) is 19.1 Å². The molecule has 1 aromatic carbocycles. The quantitative estimate of drug-likeness (QED) is 0.687. The van der Waals surface area contributed by atoms with Crippen LogP contribution in [0.2, 0.25) is 0 Å². The topological polar surface area (TPSA) is 54.5 Å². The number of carbonyl (C=O) groups is 1. The smallest absolute Gasteiger partial charge is 0.254 e. The number of hydrogen-bond acceptors (Lipinski definition) is 3. The first kappa shape index (κ1) is 18.2. The largest absolute Gasteiger partial charge is 0.335 e. The predicted molar refractivity (Wildman–Crippen MR) is 88.8 cm³/mol. The van der Waals surface area contributed by atoms with Crippen LogP contribution in [0.3, 0.4) is 0 Å². The molecular formula is C15H22BrNO3S. The van der Waals surface area contributed by atoms with Crippen LogP contribution in [0.1, 0.15) is 37.0 Å². The molecule has 1 aromatic rings. The zero-order valence-corrected chi connectivity index (χ0v) is 15.1. The Labute approximate surface area is 135 Å². The highest BCUT2D eigenvalue weighted by Gasteiger charge is 2.22. The van der Waals surface area contributed by atoms with E-state index in [4.69, 9.17) is 0 Å². The van der Waals surface area contributed by atoms with Crippen LogP contribution in [-0.2, 0) is 9.84 Å². The first-order valence-electron chi connectivity index (χ1n) is 7.02. The van der Waals surface area contributed by atoms with Gasteiger partial charge in [0.2, 0.25) is 0 Å². The zero-order valence-electron chi connectivity index (χ0n) is 12.7. The molecule has 0 atom stereocenters. The van der Waals surface area contributed by atoms with Crippen LogP contribution in [0.25, 0.3) is 0 Å². The molecule has 118 valence electrons. The molecule has 0 fully saturated rings. The molecule has 0 aliphatic heterocycles. The maximum atomic E-state index is 12.7. The van der Waals surface area contributed by atoms with Crippen molar-refractivity contribution in [2.45, 2.75) is 37.6 Å². The van der Waals surface area contributed by atoms with E-state index >= 15 is 0 Å². The van der Waals surface area contributed by atoms with Gasteiger partial charge in [-0.2, -0.15) is 0 Å². The number of carbonyl (C=O) groups excluding carboxylic acids is 1. The summed E-state index contributed by atoms with van der Waals surface area (Å²) in [5.41, 5.74) is 0.422. The van der Waals surface area contributed by atoms with Crippen molar-refractivity contribution >= 4 is 31.7 Å². The molecule has 6 heteroatoms. The zero-order chi connectivity index (χ0) is 16.0. The lowest BCUT2D eigenvalue weighted by Crippen LogP contribution is -2.41. The molecule has 21 heavy (non-hydrogen) atoms. The number of alkyl halides is 1. The summed E-state index contributed by atoms with van der Waals surface area (Å²) in [7, 11) is -3.31. The van der Waals surface area contributed by atoms with Crippen molar-refractivity contribution in [1.29, 1.82) is 0 Å². The molecule has 0 unspecified atom stereocenters. The summed E-state index contributed by atoms with van der Waals surface area (Å²) in [5.74, 6) is -0.117. The molecule has 0 saturated heterocycles. The van der Waals surface area contributed by atoms with Crippen molar-refractivity contribution in [2.24, 2.45) is 0 Å². The van der Waals surface area contributed by atoms with Gasteiger partial charge < -0.3 is 4.90 Å². The van der Waals surface area contributed by atoms with E-state index in [9.17, 15) is 13.2 Å². The van der Waals surface area contributed by atoms with E-state index in [1.165, 1.54) is 12.1 Å². The summed E-state index contributed by atoms with van der Waals surface area (Å²) in [6.07, 6.45) is 2.90. The van der Waals surface area contributed by atoms with Crippen molar-refractivity contribution in [2.75, 3.05) is 18.1 Å². The average molecular weight is 376 g/mol. The highest BCUT2D eigenvalue weighted by atomic mass is 79.9. The molecule has 0 aliphatic rings. The van der Waals surface area contributed by atoms with Gasteiger partial charge in [-0.15, -0.1) is 0 Å². The summed E-state index contributed by atoms with van der Waals surface area (Å²) in [5, 5.41) is 0.695. The molecule has 0 radical (unpaired) electrons. The van der Waals surface area contributed by atoms with E-state index in [-0.39, 0.29) is 16.8 Å². The molecule has 0 spiro atoms. The Kier molecular flexibility index (Phi) is 6.87. The van der Waals surface area contributed by atoms with Crippen LogP contribution < -0.4 is 0 Å². The average Bonchev–Trinajstić information content (AvgIpc) is 2.46. The highest BCUT2D eigenvalue weighted by molar-refractivity contribution is 9.09. The summed E-state index contributed by atoms with van der Waals surface area (Å²) in [4.78, 5) is 14.7. The van der Waals surface area contributed by atoms with Gasteiger partial charge in [-0.3, -0.25) is 4.79 Å². The molecule has 0 aliphatic carbocycles. The summed E-state index contributed by atoms with van der Waals surface area (Å²) in [6, 6.07) is 6.42. The fourth-order valence-corrected chi connectivity index (χ4v) is 3.34. The van der Waals surface area contributed by atoms with Gasteiger partial charge in [0.1, 0.15) is 0 Å². The second-order valence-electron chi connectivity index (χ2n) is 4.96. The summed E-state index contributed by atoms with van der Waals surface area (Å²) >= 11 is 3.37. The third-order valence-corrected chi connectivity index (χ3v) is 4.94. The van der Waals surface area contributed by atoms with Crippen molar-refractivity contribution in [3.63, 3.8) is 0 Å². The number of amides is 1. The molecule has 4 nitrogen and oxygen atoms in total. The Morgan fingerprint density at radius 2 is 1.90 bits per heavy atom. The van der Waals surface area contributed by atoms with Crippen LogP contribution in [0.5, 0.6) is 0 Å². The third-order valence-electron chi connectivity index (χ3n) is 3.48. The van der Waals surface area contributed by atoms with E-state index in [1.807, 2.05) is 4.90 Å². The van der Waals surface area contributed by atoms with Crippen molar-refractivity contribution in [1.82, 2.24) is 4.90 Å². The molecule has 0 aromatic heterocycles. The van der Waals surface area contributed by atoms with Crippen LogP contribution >= 0.6 is 15.9 Å². The fraction of sp³-hybridized carbons (Fsp3) is 0.533. The standard InChI is InChI=1S/C15H22BrNO3S/c1-4-13(5-2)17(10-9-16)15(18)12-7-6-8-14(11-12)21(3,19)20/h6-8,11,13H,4-5,9-10H2,1-3H3. The summed E-state index contributed by atoms with van der Waals surface area (Å²) in [6.45, 7) is 4.71. The van der Waals surface area contributed by atoms with Gasteiger partial charge in [0.05, 0.1) is 4.90 Å². The van der Waals surface area contributed by atoms with Gasteiger partial charge in [0.15, 0.2) is 9.84 Å². The van der Waals surface area contributed by atoms with Crippen LogP contribution in [0.4, 0.5) is 0 Å². The van der Waals surface area contributed by atoms with Gasteiger partial charge in [0.25, 0.3) is 5.91 Å². The predicted octanol–water partition coefficient (Wildman–Crippen LogP) is 3.12. The third kappa shape index (κ3) is 4.81. The second kappa shape index (κ2) is 7.94. The second-order valence-corrected chi connectivity index (χ2v) is 7.77. The molecule has 1 amide bonds. The van der Waals surface area contributed by atoms with Crippen LogP contribution in [0.15, 0.2) is 29.2 Å². The minimum Gasteiger partial charge on any atom is -0.335 e. The number of nitrogens with zero attached hydrogens (tertiary/aromatic N) is 1. The van der Waals surface area contributed by atoms with Gasteiger partial charge in [-0.05, 0) is 31.0 Å². The minimum atomic E-state index is -3.31. The van der Waals surface area contributed by atoms with Gasteiger partial charge in [-0.1, -0.05) is 35.8 Å². The monoisotopic (exact) mass is 375 g/mol. The molecule has 0 N–H and O–H groups in total. The van der Waals surface area contributed by atoms with E-state index in [1.54, 1.807) is 12.1 Å². The molecule has 0 saturated carbocycles. The van der Waals surface area contributed by atoms with Gasteiger partial charge in [-0.25, -0.2) is 8.42 Å². The molecule has 1 rings (SSSR count). The van der Waals surface area contributed by atoms with Crippen LogP contribution in [0, 0.1) is 0 Å². The normalized spacial score (nSPS) is 11.7. The van der Waals surface area contributed by atoms with Crippen LogP contribution in [-0.4, -0.2) is 43.4 Å². The Morgan fingerprint density at radius 3 is 2.38 bits per heavy atom. The highest BCUT2D eigenvalue weighted by Crippen LogP contribution is 2.17. The maximum absolute atomic E-state index is 12.7. The molecule has 0 heterocycles. The minimum absolute atomic E-state index is 0.117. The van der Waals surface area contributed by atoms with Crippen molar-refractivity contribution < 1.29 is 13.2 Å². The van der Waals surface area contributed by atoms with Gasteiger partial charge in [0, 0.05) is 29.7 Å². The SMILES string of the molecule is CCC(CC)N(CCBr)C(=O)c1cccc(S(C)(=O)=O)c1. The van der Waals surface area contributed by atoms with E-state index < -0.39 is 9.84 Å². The first-order valence-corrected chi connectivity index (χ1v) is 10.0. The lowest BCUT2D eigenvalue weighted by molar-refractivity contribution is 0.0682. The Balaban J connectivity index is 3.15. The Bertz CT molecular complexity index is 582. The number of benzene rings is 1. The van der Waals surface area contributed by atoms with Gasteiger partial charge >= 0.3 is 0 Å². The number of halogens is 1. The maximum Gasteiger partial charge on any atom is 0.254 e. The Morgan fingerprint density at radius 1 is 1.29 bits per heavy atom. The summed E-state index contributed by atoms with van der Waals surface area (Å²) < 4.78 is 23.2. The molecule has 0 bridgehead atoms. The lowest BCUT2D eigenvalue weighted by atomic mass is 10.1. The molecular weight excluding hydrogens is 354 g/mol. The number of hydrogen-bond donors (Lipinski definition) is 0. The number of sulfone groups is 1. The fourth-order valence-electron chi connectivity index (χ4n) is 2.30.